The summed E-state index contributed by atoms with van der Waals surface area (Å²) < 4.78 is 6.31. The standard InChI is InChI=1S/C12H12BrClN2O/c1-7-8(3-2-4-10(7)14)11(16-15)12-9(13)5-6-17-12/h2-6,11,16H,15H2,1H3. The van der Waals surface area contributed by atoms with E-state index < -0.39 is 0 Å². The van der Waals surface area contributed by atoms with Gasteiger partial charge in [-0.2, -0.15) is 0 Å². The molecule has 0 amide bonds. The highest BCUT2D eigenvalue weighted by Crippen LogP contribution is 2.32. The van der Waals surface area contributed by atoms with Gasteiger partial charge in [0.15, 0.2) is 0 Å². The van der Waals surface area contributed by atoms with Crippen LogP contribution >= 0.6 is 27.5 Å². The molecule has 0 spiro atoms. The summed E-state index contributed by atoms with van der Waals surface area (Å²) in [6.07, 6.45) is 1.61. The van der Waals surface area contributed by atoms with Gasteiger partial charge in [0.25, 0.3) is 0 Å². The molecule has 0 bridgehead atoms. The van der Waals surface area contributed by atoms with Gasteiger partial charge in [-0.25, -0.2) is 5.43 Å². The van der Waals surface area contributed by atoms with Crippen molar-refractivity contribution in [3.8, 4) is 0 Å². The minimum absolute atomic E-state index is 0.224. The summed E-state index contributed by atoms with van der Waals surface area (Å²) in [6, 6.07) is 7.33. The highest BCUT2D eigenvalue weighted by Gasteiger charge is 2.21. The van der Waals surface area contributed by atoms with Crippen LogP contribution in [0.2, 0.25) is 5.02 Å². The highest BCUT2D eigenvalue weighted by molar-refractivity contribution is 9.10. The van der Waals surface area contributed by atoms with Gasteiger partial charge in [-0.3, -0.25) is 5.84 Å². The molecular formula is C12H12BrClN2O. The van der Waals surface area contributed by atoms with Gasteiger partial charge in [0.2, 0.25) is 0 Å². The lowest BCUT2D eigenvalue weighted by Crippen LogP contribution is -2.29. The first-order chi connectivity index (χ1) is 8.15. The molecule has 3 nitrogen and oxygen atoms in total. The summed E-state index contributed by atoms with van der Waals surface area (Å²) >= 11 is 9.53. The van der Waals surface area contributed by atoms with E-state index in [-0.39, 0.29) is 6.04 Å². The molecule has 0 aliphatic heterocycles. The van der Waals surface area contributed by atoms with E-state index in [1.807, 2.05) is 31.2 Å². The summed E-state index contributed by atoms with van der Waals surface area (Å²) in [5.74, 6) is 6.34. The van der Waals surface area contributed by atoms with Crippen molar-refractivity contribution in [3.63, 3.8) is 0 Å². The number of halogens is 2. The number of nitrogens with two attached hydrogens (primary N) is 1. The third-order valence-electron chi connectivity index (χ3n) is 2.69. The number of nitrogens with one attached hydrogen (secondary N) is 1. The molecule has 2 aromatic rings. The van der Waals surface area contributed by atoms with Crippen LogP contribution in [0.5, 0.6) is 0 Å². The fourth-order valence-electron chi connectivity index (χ4n) is 1.76. The summed E-state index contributed by atoms with van der Waals surface area (Å²) in [7, 11) is 0. The number of hydrogen-bond donors (Lipinski definition) is 2. The van der Waals surface area contributed by atoms with E-state index in [4.69, 9.17) is 21.9 Å². The Kier molecular flexibility index (Phi) is 3.89. The number of hydrogen-bond acceptors (Lipinski definition) is 3. The average molecular weight is 316 g/mol. The molecule has 3 N–H and O–H groups in total. The normalized spacial score (nSPS) is 12.7. The molecule has 0 aliphatic rings. The van der Waals surface area contributed by atoms with Gasteiger partial charge < -0.3 is 4.42 Å². The zero-order chi connectivity index (χ0) is 12.4. The Morgan fingerprint density at radius 3 is 2.76 bits per heavy atom. The van der Waals surface area contributed by atoms with Crippen LogP contribution in [-0.2, 0) is 0 Å². The van der Waals surface area contributed by atoms with Crippen molar-refractivity contribution in [2.24, 2.45) is 5.84 Å². The van der Waals surface area contributed by atoms with Crippen molar-refractivity contribution in [2.75, 3.05) is 0 Å². The second kappa shape index (κ2) is 5.23. The molecule has 0 aliphatic carbocycles. The van der Waals surface area contributed by atoms with Crippen LogP contribution in [-0.4, -0.2) is 0 Å². The Hall–Kier alpha value is -0.810. The molecular weight excluding hydrogens is 304 g/mol. The monoisotopic (exact) mass is 314 g/mol. The summed E-state index contributed by atoms with van der Waals surface area (Å²) in [5.41, 5.74) is 4.73. The molecule has 1 aromatic carbocycles. The molecule has 5 heteroatoms. The van der Waals surface area contributed by atoms with Crippen LogP contribution in [0.1, 0.15) is 22.9 Å². The number of rotatable bonds is 3. The first kappa shape index (κ1) is 12.6. The van der Waals surface area contributed by atoms with Crippen LogP contribution < -0.4 is 11.3 Å². The lowest BCUT2D eigenvalue weighted by molar-refractivity contribution is 0.449. The molecule has 0 fully saturated rings. The van der Waals surface area contributed by atoms with Crippen molar-refractivity contribution < 1.29 is 4.42 Å². The second-order valence-electron chi connectivity index (χ2n) is 3.69. The van der Waals surface area contributed by atoms with Crippen molar-refractivity contribution in [1.82, 2.24) is 5.43 Å². The van der Waals surface area contributed by atoms with Crippen LogP contribution in [0, 0.1) is 6.92 Å². The maximum absolute atomic E-state index is 6.11. The van der Waals surface area contributed by atoms with E-state index in [2.05, 4.69) is 21.4 Å². The number of hydrazine groups is 1. The van der Waals surface area contributed by atoms with Crippen LogP contribution in [0.25, 0.3) is 0 Å². The van der Waals surface area contributed by atoms with Crippen molar-refractivity contribution in [2.45, 2.75) is 13.0 Å². The van der Waals surface area contributed by atoms with E-state index in [0.29, 0.717) is 5.02 Å². The van der Waals surface area contributed by atoms with E-state index in [1.54, 1.807) is 6.26 Å². The van der Waals surface area contributed by atoms with Crippen molar-refractivity contribution >= 4 is 27.5 Å². The Labute approximate surface area is 113 Å². The molecule has 17 heavy (non-hydrogen) atoms. The quantitative estimate of drug-likeness (QED) is 0.672. The Balaban J connectivity index is 2.50. The minimum atomic E-state index is -0.224. The molecule has 0 radical (unpaired) electrons. The molecule has 90 valence electrons. The van der Waals surface area contributed by atoms with Crippen molar-refractivity contribution in [3.05, 3.63) is 56.9 Å². The zero-order valence-electron chi connectivity index (χ0n) is 9.21. The molecule has 1 aromatic heterocycles. The topological polar surface area (TPSA) is 51.2 Å². The fraction of sp³-hybridized carbons (Fsp3) is 0.167. The lowest BCUT2D eigenvalue weighted by atomic mass is 10.00. The van der Waals surface area contributed by atoms with Gasteiger partial charge in [-0.05, 0) is 46.1 Å². The highest BCUT2D eigenvalue weighted by atomic mass is 79.9. The van der Waals surface area contributed by atoms with Gasteiger partial charge in [0.05, 0.1) is 10.7 Å². The first-order valence-corrected chi connectivity index (χ1v) is 6.26. The van der Waals surface area contributed by atoms with E-state index in [1.165, 1.54) is 0 Å². The van der Waals surface area contributed by atoms with E-state index in [9.17, 15) is 0 Å². The smallest absolute Gasteiger partial charge is 0.140 e. The SMILES string of the molecule is Cc1c(Cl)cccc1C(NN)c1occc1Br. The zero-order valence-corrected chi connectivity index (χ0v) is 11.5. The van der Waals surface area contributed by atoms with Gasteiger partial charge >= 0.3 is 0 Å². The summed E-state index contributed by atoms with van der Waals surface area (Å²) in [5, 5.41) is 0.713. The maximum atomic E-state index is 6.11. The number of furan rings is 1. The first-order valence-electron chi connectivity index (χ1n) is 5.09. The van der Waals surface area contributed by atoms with Gasteiger partial charge in [0, 0.05) is 5.02 Å². The third kappa shape index (κ3) is 2.40. The van der Waals surface area contributed by atoms with Gasteiger partial charge in [-0.1, -0.05) is 23.7 Å². The predicted octanol–water partition coefficient (Wildman–Crippen LogP) is 3.56. The van der Waals surface area contributed by atoms with Gasteiger partial charge in [0.1, 0.15) is 11.8 Å². The Morgan fingerprint density at radius 2 is 2.18 bits per heavy atom. The molecule has 0 saturated carbocycles. The summed E-state index contributed by atoms with van der Waals surface area (Å²) in [4.78, 5) is 0. The van der Waals surface area contributed by atoms with E-state index >= 15 is 0 Å². The van der Waals surface area contributed by atoms with Crippen LogP contribution in [0.15, 0.2) is 39.4 Å². The molecule has 1 atom stereocenters. The van der Waals surface area contributed by atoms with Crippen LogP contribution in [0.4, 0.5) is 0 Å². The van der Waals surface area contributed by atoms with E-state index in [0.717, 1.165) is 21.4 Å². The Morgan fingerprint density at radius 1 is 1.41 bits per heavy atom. The molecule has 1 unspecified atom stereocenters. The summed E-state index contributed by atoms with van der Waals surface area (Å²) in [6.45, 7) is 1.96. The lowest BCUT2D eigenvalue weighted by Gasteiger charge is -2.17. The minimum Gasteiger partial charge on any atom is -0.466 e. The third-order valence-corrected chi connectivity index (χ3v) is 3.76. The number of benzene rings is 1. The second-order valence-corrected chi connectivity index (χ2v) is 4.95. The van der Waals surface area contributed by atoms with Gasteiger partial charge in [-0.15, -0.1) is 0 Å². The molecule has 0 saturated heterocycles. The maximum Gasteiger partial charge on any atom is 0.140 e. The largest absolute Gasteiger partial charge is 0.466 e. The van der Waals surface area contributed by atoms with Crippen molar-refractivity contribution in [1.29, 1.82) is 0 Å². The average Bonchev–Trinajstić information content (AvgIpc) is 2.72. The van der Waals surface area contributed by atoms with Crippen LogP contribution in [0.3, 0.4) is 0 Å². The molecule has 2 rings (SSSR count). The predicted molar refractivity (Wildman–Crippen MR) is 71.8 cm³/mol. The molecule has 1 heterocycles. The fourth-order valence-corrected chi connectivity index (χ4v) is 2.37. The Bertz CT molecular complexity index is 527.